The third-order valence-electron chi connectivity index (χ3n) is 3.11. The molecule has 1 fully saturated rings. The molecule has 1 aliphatic heterocycles. The molecule has 0 spiro atoms. The molecule has 1 heterocycles. The molecule has 2 N–H and O–H groups in total. The average molecular weight is 334 g/mol. The minimum Gasteiger partial charge on any atom is -0.305 e. The van der Waals surface area contributed by atoms with Crippen LogP contribution in [0.4, 0.5) is 11.4 Å². The number of nitrogens with two attached hydrogens (primary N) is 1. The van der Waals surface area contributed by atoms with Gasteiger partial charge in [-0.25, -0.2) is 13.6 Å². The number of halogens is 1. The monoisotopic (exact) mass is 333 g/mol. The van der Waals surface area contributed by atoms with E-state index >= 15 is 0 Å². The zero-order valence-corrected chi connectivity index (χ0v) is 12.3. The second-order valence-corrected chi connectivity index (χ2v) is 6.83. The van der Waals surface area contributed by atoms with Gasteiger partial charge in [-0.15, -0.1) is 0 Å². The Hall–Kier alpha value is -1.71. The van der Waals surface area contributed by atoms with Crippen molar-refractivity contribution in [1.29, 1.82) is 0 Å². The molecule has 1 aromatic rings. The molecule has 1 aliphatic rings. The minimum absolute atomic E-state index is 0.00825. The van der Waals surface area contributed by atoms with Crippen LogP contribution in [0.25, 0.3) is 0 Å². The van der Waals surface area contributed by atoms with Crippen LogP contribution in [0, 0.1) is 16.0 Å². The zero-order valence-electron chi connectivity index (χ0n) is 10.7. The van der Waals surface area contributed by atoms with Crippen molar-refractivity contribution in [2.45, 2.75) is 6.42 Å². The highest BCUT2D eigenvalue weighted by Crippen LogP contribution is 2.38. The van der Waals surface area contributed by atoms with Gasteiger partial charge in [0.05, 0.1) is 15.7 Å². The molecule has 21 heavy (non-hydrogen) atoms. The summed E-state index contributed by atoms with van der Waals surface area (Å²) < 4.78 is 22.2. The van der Waals surface area contributed by atoms with Crippen LogP contribution in [-0.4, -0.2) is 31.5 Å². The first-order valence-electron chi connectivity index (χ1n) is 5.93. The lowest BCUT2D eigenvalue weighted by molar-refractivity contribution is -0.384. The van der Waals surface area contributed by atoms with Crippen molar-refractivity contribution in [1.82, 2.24) is 0 Å². The lowest BCUT2D eigenvalue weighted by Gasteiger charge is -2.17. The van der Waals surface area contributed by atoms with Crippen molar-refractivity contribution in [2.75, 3.05) is 17.2 Å². The Morgan fingerprint density at radius 1 is 1.48 bits per heavy atom. The summed E-state index contributed by atoms with van der Waals surface area (Å²) in [4.78, 5) is 23.6. The van der Waals surface area contributed by atoms with E-state index in [2.05, 4.69) is 0 Å². The molecule has 1 unspecified atom stereocenters. The van der Waals surface area contributed by atoms with Crippen molar-refractivity contribution < 1.29 is 18.1 Å². The number of nitrogens with zero attached hydrogens (tertiary/aromatic N) is 2. The van der Waals surface area contributed by atoms with E-state index in [4.69, 9.17) is 16.7 Å². The number of primary sulfonamides is 1. The Morgan fingerprint density at radius 3 is 2.71 bits per heavy atom. The minimum atomic E-state index is -3.72. The fraction of sp³-hybridized carbons (Fsp3) is 0.364. The van der Waals surface area contributed by atoms with E-state index < -0.39 is 26.8 Å². The summed E-state index contributed by atoms with van der Waals surface area (Å²) >= 11 is 5.96. The number of benzene rings is 1. The van der Waals surface area contributed by atoms with Crippen LogP contribution < -0.4 is 10.0 Å². The predicted octanol–water partition coefficient (Wildman–Crippen LogP) is 0.890. The van der Waals surface area contributed by atoms with E-state index in [0.717, 1.165) is 4.90 Å². The molecule has 2 rings (SSSR count). The predicted molar refractivity (Wildman–Crippen MR) is 76.5 cm³/mol. The highest BCUT2D eigenvalue weighted by molar-refractivity contribution is 7.89. The first-order chi connectivity index (χ1) is 9.69. The summed E-state index contributed by atoms with van der Waals surface area (Å²) in [5.41, 5.74) is -0.307. The number of carbonyl (C=O) groups excluding carboxylic acids is 1. The van der Waals surface area contributed by atoms with Gasteiger partial charge in [0, 0.05) is 24.9 Å². The Bertz CT molecular complexity index is 706. The van der Waals surface area contributed by atoms with Gasteiger partial charge in [-0.05, 0) is 6.07 Å². The Balaban J connectivity index is 2.36. The average Bonchev–Trinajstić information content (AvgIpc) is 2.66. The maximum absolute atomic E-state index is 12.0. The van der Waals surface area contributed by atoms with E-state index in [-0.39, 0.29) is 35.1 Å². The van der Waals surface area contributed by atoms with Crippen LogP contribution in [0.5, 0.6) is 0 Å². The number of carbonyl (C=O) groups is 1. The van der Waals surface area contributed by atoms with E-state index in [0.29, 0.717) is 0 Å². The maximum Gasteiger partial charge on any atom is 0.294 e. The summed E-state index contributed by atoms with van der Waals surface area (Å²) in [6.07, 6.45) is -0.0428. The smallest absolute Gasteiger partial charge is 0.294 e. The fourth-order valence-electron chi connectivity index (χ4n) is 2.36. The van der Waals surface area contributed by atoms with Gasteiger partial charge in [-0.2, -0.15) is 0 Å². The summed E-state index contributed by atoms with van der Waals surface area (Å²) in [7, 11) is -3.72. The van der Waals surface area contributed by atoms with Gasteiger partial charge in [0.1, 0.15) is 5.69 Å². The van der Waals surface area contributed by atoms with Crippen molar-refractivity contribution in [3.63, 3.8) is 0 Å². The number of amides is 1. The van der Waals surface area contributed by atoms with Crippen LogP contribution in [0.3, 0.4) is 0 Å². The number of hydrogen-bond donors (Lipinski definition) is 1. The molecule has 0 radical (unpaired) electrons. The summed E-state index contributed by atoms with van der Waals surface area (Å²) in [6.45, 7) is 0.0276. The van der Waals surface area contributed by atoms with Gasteiger partial charge in [-0.1, -0.05) is 17.7 Å². The molecule has 0 saturated carbocycles. The molecular weight excluding hydrogens is 322 g/mol. The van der Waals surface area contributed by atoms with E-state index in [1.807, 2.05) is 0 Å². The first kappa shape index (κ1) is 15.7. The lowest BCUT2D eigenvalue weighted by Crippen LogP contribution is -2.28. The molecule has 0 aliphatic carbocycles. The van der Waals surface area contributed by atoms with Gasteiger partial charge >= 0.3 is 0 Å². The van der Waals surface area contributed by atoms with E-state index in [1.165, 1.54) is 18.2 Å². The second kappa shape index (κ2) is 5.58. The topological polar surface area (TPSA) is 124 Å². The van der Waals surface area contributed by atoms with Crippen molar-refractivity contribution in [3.8, 4) is 0 Å². The normalized spacial score (nSPS) is 19.0. The number of sulfonamides is 1. The highest BCUT2D eigenvalue weighted by Gasteiger charge is 2.36. The standard InChI is InChI=1S/C11H12ClN3O5S/c12-8-2-1-3-9(15(17)18)11(8)14-5-7(4-10(14)16)6-21(13,19)20/h1-3,7H,4-6H2,(H2,13,19,20). The second-order valence-electron chi connectivity index (χ2n) is 4.77. The Kier molecular flexibility index (Phi) is 4.17. The van der Waals surface area contributed by atoms with Gasteiger partial charge in [-0.3, -0.25) is 14.9 Å². The van der Waals surface area contributed by atoms with E-state index in [9.17, 15) is 23.3 Å². The molecule has 1 atom stereocenters. The molecule has 1 aromatic carbocycles. The molecule has 10 heteroatoms. The molecule has 0 aromatic heterocycles. The van der Waals surface area contributed by atoms with Crippen LogP contribution in [0.15, 0.2) is 18.2 Å². The van der Waals surface area contributed by atoms with Gasteiger partial charge in [0.2, 0.25) is 15.9 Å². The Morgan fingerprint density at radius 2 is 2.14 bits per heavy atom. The number of hydrogen-bond acceptors (Lipinski definition) is 5. The third kappa shape index (κ3) is 3.49. The van der Waals surface area contributed by atoms with Crippen LogP contribution in [0.1, 0.15) is 6.42 Å². The van der Waals surface area contributed by atoms with Crippen LogP contribution in [-0.2, 0) is 14.8 Å². The summed E-state index contributed by atoms with van der Waals surface area (Å²) in [6, 6.07) is 4.08. The molecule has 0 bridgehead atoms. The zero-order chi connectivity index (χ0) is 15.8. The highest BCUT2D eigenvalue weighted by atomic mass is 35.5. The van der Waals surface area contributed by atoms with Crippen molar-refractivity contribution >= 4 is 38.9 Å². The van der Waals surface area contributed by atoms with Crippen LogP contribution >= 0.6 is 11.6 Å². The quantitative estimate of drug-likeness (QED) is 0.647. The number of nitro groups is 1. The fourth-order valence-corrected chi connectivity index (χ4v) is 3.51. The molecule has 8 nitrogen and oxygen atoms in total. The molecule has 1 amide bonds. The summed E-state index contributed by atoms with van der Waals surface area (Å²) in [5.74, 6) is -1.28. The number of nitro benzene ring substituents is 1. The van der Waals surface area contributed by atoms with Gasteiger partial charge in [0.15, 0.2) is 0 Å². The lowest BCUT2D eigenvalue weighted by atomic mass is 10.1. The maximum atomic E-state index is 12.0. The number of para-hydroxylation sites is 1. The SMILES string of the molecule is NS(=O)(=O)CC1CC(=O)N(c2c(Cl)cccc2[N+](=O)[O-])C1. The molecular formula is C11H12ClN3O5S. The van der Waals surface area contributed by atoms with Crippen molar-refractivity contribution in [2.24, 2.45) is 11.1 Å². The molecule has 1 saturated heterocycles. The number of anilines is 1. The van der Waals surface area contributed by atoms with Gasteiger partial charge < -0.3 is 4.90 Å². The van der Waals surface area contributed by atoms with Crippen LogP contribution in [0.2, 0.25) is 5.02 Å². The van der Waals surface area contributed by atoms with E-state index in [1.54, 1.807) is 0 Å². The van der Waals surface area contributed by atoms with Gasteiger partial charge in [0.25, 0.3) is 5.69 Å². The third-order valence-corrected chi connectivity index (χ3v) is 4.35. The summed E-state index contributed by atoms with van der Waals surface area (Å²) in [5, 5.41) is 16.1. The largest absolute Gasteiger partial charge is 0.305 e. The van der Waals surface area contributed by atoms with Crippen molar-refractivity contribution in [3.05, 3.63) is 33.3 Å². The first-order valence-corrected chi connectivity index (χ1v) is 8.02. The number of rotatable bonds is 4. The Labute approximate surface area is 125 Å². The molecule has 114 valence electrons.